The van der Waals surface area contributed by atoms with Crippen LogP contribution in [0.2, 0.25) is 0 Å². The third kappa shape index (κ3) is 4.51. The lowest BCUT2D eigenvalue weighted by molar-refractivity contribution is -0.115. The van der Waals surface area contributed by atoms with E-state index in [0.717, 1.165) is 5.56 Å². The van der Waals surface area contributed by atoms with E-state index in [2.05, 4.69) is 15.3 Å². The lowest BCUT2D eigenvalue weighted by Gasteiger charge is -2.11. The van der Waals surface area contributed by atoms with Gasteiger partial charge < -0.3 is 10.1 Å². The van der Waals surface area contributed by atoms with Crippen LogP contribution in [0.3, 0.4) is 0 Å². The molecule has 3 rings (SSSR count). The second-order valence-corrected chi connectivity index (χ2v) is 5.62. The third-order valence-corrected chi connectivity index (χ3v) is 3.62. The monoisotopic (exact) mass is 347 g/mol. The van der Waals surface area contributed by atoms with Crippen molar-refractivity contribution in [2.45, 2.75) is 13.3 Å². The van der Waals surface area contributed by atoms with Crippen LogP contribution < -0.4 is 10.1 Å². The minimum atomic E-state index is -0.204. The number of ketones is 1. The molecular formula is C20H17N3O3. The molecule has 26 heavy (non-hydrogen) atoms. The predicted molar refractivity (Wildman–Crippen MR) is 97.3 cm³/mol. The highest BCUT2D eigenvalue weighted by Crippen LogP contribution is 2.26. The average molecular weight is 347 g/mol. The van der Waals surface area contributed by atoms with Crippen molar-refractivity contribution in [3.63, 3.8) is 0 Å². The molecule has 3 aromatic rings. The van der Waals surface area contributed by atoms with Crippen molar-refractivity contribution in [3.05, 3.63) is 78.2 Å². The minimum Gasteiger partial charge on any atom is -0.435 e. The molecule has 0 aliphatic heterocycles. The molecule has 6 heteroatoms. The number of pyridine rings is 2. The molecule has 1 aromatic carbocycles. The van der Waals surface area contributed by atoms with Gasteiger partial charge in [0.15, 0.2) is 5.78 Å². The smallest absolute Gasteiger partial charge is 0.243 e. The fourth-order valence-corrected chi connectivity index (χ4v) is 2.32. The first kappa shape index (κ1) is 17.3. The van der Waals surface area contributed by atoms with E-state index in [9.17, 15) is 9.59 Å². The van der Waals surface area contributed by atoms with Gasteiger partial charge in [-0.15, -0.1) is 0 Å². The van der Waals surface area contributed by atoms with Crippen LogP contribution in [-0.2, 0) is 11.2 Å². The Labute approximate surface area is 150 Å². The van der Waals surface area contributed by atoms with Gasteiger partial charge in [0.2, 0.25) is 11.8 Å². The van der Waals surface area contributed by atoms with Gasteiger partial charge in [-0.25, -0.2) is 4.98 Å². The number of nitrogens with zero attached hydrogens (tertiary/aromatic N) is 2. The van der Waals surface area contributed by atoms with Gasteiger partial charge in [-0.3, -0.25) is 14.6 Å². The maximum absolute atomic E-state index is 12.3. The Balaban J connectivity index is 1.68. The number of hydrogen-bond acceptors (Lipinski definition) is 5. The van der Waals surface area contributed by atoms with Crippen LogP contribution in [0.4, 0.5) is 5.69 Å². The molecule has 0 saturated heterocycles. The lowest BCUT2D eigenvalue weighted by atomic mass is 10.1. The SMILES string of the molecule is CC(=O)c1ccc(CC(=O)Nc2cccnc2Oc2cccnc2)cc1. The molecule has 0 bridgehead atoms. The summed E-state index contributed by atoms with van der Waals surface area (Å²) < 4.78 is 5.68. The van der Waals surface area contributed by atoms with Crippen molar-refractivity contribution >= 4 is 17.4 Å². The summed E-state index contributed by atoms with van der Waals surface area (Å²) in [4.78, 5) is 31.8. The molecule has 0 unspecified atom stereocenters. The van der Waals surface area contributed by atoms with Crippen LogP contribution in [0.25, 0.3) is 0 Å². The van der Waals surface area contributed by atoms with Crippen LogP contribution in [0.1, 0.15) is 22.8 Å². The van der Waals surface area contributed by atoms with Gasteiger partial charge in [0.25, 0.3) is 0 Å². The molecule has 2 aromatic heterocycles. The van der Waals surface area contributed by atoms with Crippen molar-refractivity contribution in [1.82, 2.24) is 9.97 Å². The topological polar surface area (TPSA) is 81.2 Å². The number of rotatable bonds is 6. The molecule has 6 nitrogen and oxygen atoms in total. The van der Waals surface area contributed by atoms with Gasteiger partial charge in [-0.05, 0) is 36.8 Å². The molecule has 130 valence electrons. The number of nitrogens with one attached hydrogen (secondary N) is 1. The largest absolute Gasteiger partial charge is 0.435 e. The summed E-state index contributed by atoms with van der Waals surface area (Å²) in [6, 6.07) is 13.9. The van der Waals surface area contributed by atoms with E-state index < -0.39 is 0 Å². The lowest BCUT2D eigenvalue weighted by Crippen LogP contribution is -2.15. The molecule has 2 heterocycles. The Morgan fingerprint density at radius 1 is 1.04 bits per heavy atom. The molecule has 1 amide bonds. The molecule has 0 radical (unpaired) electrons. The normalized spacial score (nSPS) is 10.2. The van der Waals surface area contributed by atoms with Crippen molar-refractivity contribution in [2.24, 2.45) is 0 Å². The molecule has 0 aliphatic carbocycles. The third-order valence-electron chi connectivity index (χ3n) is 3.62. The van der Waals surface area contributed by atoms with E-state index >= 15 is 0 Å². The van der Waals surface area contributed by atoms with E-state index in [1.807, 2.05) is 0 Å². The number of ether oxygens (including phenoxy) is 1. The molecule has 0 saturated carbocycles. The van der Waals surface area contributed by atoms with Gasteiger partial charge in [0.1, 0.15) is 11.4 Å². The van der Waals surface area contributed by atoms with E-state index in [-0.39, 0.29) is 18.1 Å². The summed E-state index contributed by atoms with van der Waals surface area (Å²) in [6.07, 6.45) is 4.98. The maximum atomic E-state index is 12.3. The van der Waals surface area contributed by atoms with Gasteiger partial charge in [0.05, 0.1) is 12.6 Å². The maximum Gasteiger partial charge on any atom is 0.243 e. The summed E-state index contributed by atoms with van der Waals surface area (Å²) in [5.74, 6) is 0.612. The molecule has 0 atom stereocenters. The van der Waals surface area contributed by atoms with Crippen molar-refractivity contribution in [1.29, 1.82) is 0 Å². The molecule has 0 aliphatic rings. The highest BCUT2D eigenvalue weighted by atomic mass is 16.5. The summed E-state index contributed by atoms with van der Waals surface area (Å²) in [7, 11) is 0. The van der Waals surface area contributed by atoms with Gasteiger partial charge in [-0.1, -0.05) is 24.3 Å². The van der Waals surface area contributed by atoms with Crippen molar-refractivity contribution in [2.75, 3.05) is 5.32 Å². The fraction of sp³-hybridized carbons (Fsp3) is 0.100. The van der Waals surface area contributed by atoms with Crippen LogP contribution >= 0.6 is 0 Å². The van der Waals surface area contributed by atoms with E-state index in [0.29, 0.717) is 22.9 Å². The van der Waals surface area contributed by atoms with Crippen LogP contribution in [0.5, 0.6) is 11.6 Å². The highest BCUT2D eigenvalue weighted by Gasteiger charge is 2.11. The number of amides is 1. The Bertz CT molecular complexity index is 909. The summed E-state index contributed by atoms with van der Waals surface area (Å²) >= 11 is 0. The first-order valence-corrected chi connectivity index (χ1v) is 8.04. The Morgan fingerprint density at radius 2 is 1.81 bits per heavy atom. The predicted octanol–water partition coefficient (Wildman–Crippen LogP) is 3.65. The number of benzene rings is 1. The molecular weight excluding hydrogens is 330 g/mol. The Kier molecular flexibility index (Phi) is 5.34. The fourth-order valence-electron chi connectivity index (χ4n) is 2.32. The van der Waals surface area contributed by atoms with Gasteiger partial charge in [-0.2, -0.15) is 0 Å². The van der Waals surface area contributed by atoms with Gasteiger partial charge >= 0.3 is 0 Å². The zero-order valence-corrected chi connectivity index (χ0v) is 14.2. The first-order valence-electron chi connectivity index (χ1n) is 8.04. The van der Waals surface area contributed by atoms with Crippen LogP contribution in [0.15, 0.2) is 67.1 Å². The van der Waals surface area contributed by atoms with Crippen LogP contribution in [-0.4, -0.2) is 21.7 Å². The van der Waals surface area contributed by atoms with E-state index in [1.54, 1.807) is 67.1 Å². The molecule has 0 spiro atoms. The van der Waals surface area contributed by atoms with Gasteiger partial charge in [0, 0.05) is 18.0 Å². The minimum absolute atomic E-state index is 0.00597. The standard InChI is InChI=1S/C20H17N3O3/c1-14(24)16-8-6-15(7-9-16)12-19(25)23-18-5-3-11-22-20(18)26-17-4-2-10-21-13-17/h2-11,13H,12H2,1H3,(H,23,25). The zero-order valence-electron chi connectivity index (χ0n) is 14.2. The number of anilines is 1. The first-order chi connectivity index (χ1) is 12.6. The zero-order chi connectivity index (χ0) is 18.4. The van der Waals surface area contributed by atoms with E-state index in [1.165, 1.54) is 6.92 Å². The van der Waals surface area contributed by atoms with Crippen LogP contribution in [0, 0.1) is 0 Å². The summed E-state index contributed by atoms with van der Waals surface area (Å²) in [5.41, 5.74) is 1.90. The molecule has 1 N–H and O–H groups in total. The molecule has 0 fully saturated rings. The number of carbonyl (C=O) groups excluding carboxylic acids is 2. The Morgan fingerprint density at radius 3 is 2.50 bits per heavy atom. The number of aromatic nitrogens is 2. The average Bonchev–Trinajstić information content (AvgIpc) is 2.64. The Hall–Kier alpha value is -3.54. The number of hydrogen-bond donors (Lipinski definition) is 1. The second-order valence-electron chi connectivity index (χ2n) is 5.62. The van der Waals surface area contributed by atoms with Crippen molar-refractivity contribution < 1.29 is 14.3 Å². The number of carbonyl (C=O) groups is 2. The highest BCUT2D eigenvalue weighted by molar-refractivity contribution is 5.95. The van der Waals surface area contributed by atoms with Crippen molar-refractivity contribution in [3.8, 4) is 11.6 Å². The summed E-state index contributed by atoms with van der Waals surface area (Å²) in [6.45, 7) is 1.51. The summed E-state index contributed by atoms with van der Waals surface area (Å²) in [5, 5.41) is 2.80. The van der Waals surface area contributed by atoms with E-state index in [4.69, 9.17) is 4.74 Å². The second kappa shape index (κ2) is 8.02. The number of Topliss-reactive ketones (excluding diaryl/α,β-unsaturated/α-hetero) is 1. The quantitative estimate of drug-likeness (QED) is 0.688.